The van der Waals surface area contributed by atoms with Gasteiger partial charge in [-0.15, -0.1) is 0 Å². The summed E-state index contributed by atoms with van der Waals surface area (Å²) in [6.45, 7) is 13.0. The maximum absolute atomic E-state index is 14.8. The van der Waals surface area contributed by atoms with E-state index in [1.807, 2.05) is 30.0 Å². The number of hydrogen-bond donors (Lipinski definition) is 2. The van der Waals surface area contributed by atoms with Crippen molar-refractivity contribution < 1.29 is 14.3 Å². The van der Waals surface area contributed by atoms with Gasteiger partial charge in [0.1, 0.15) is 12.4 Å². The molecule has 2 aliphatic rings. The van der Waals surface area contributed by atoms with E-state index in [9.17, 15) is 9.59 Å². The fourth-order valence-electron chi connectivity index (χ4n) is 8.44. The Kier molecular flexibility index (Phi) is 13.5. The Morgan fingerprint density at radius 2 is 1.60 bits per heavy atom. The van der Waals surface area contributed by atoms with Crippen molar-refractivity contribution in [3.63, 3.8) is 0 Å². The molecule has 0 unspecified atom stereocenters. The molecule has 2 fully saturated rings. The number of aryl methyl sites for hydroxylation is 2. The molecule has 3 aromatic rings. The van der Waals surface area contributed by atoms with Crippen LogP contribution in [-0.4, -0.2) is 58.1 Å². The van der Waals surface area contributed by atoms with Gasteiger partial charge in [-0.2, -0.15) is 22.0 Å². The normalized spacial score (nSPS) is 16.9. The maximum Gasteiger partial charge on any atom is 0.267 e. The number of rotatable bonds is 16. The number of amides is 2. The minimum atomic E-state index is -1.16. The van der Waals surface area contributed by atoms with Gasteiger partial charge in [-0.25, -0.2) is 4.68 Å². The van der Waals surface area contributed by atoms with E-state index in [4.69, 9.17) is 15.6 Å². The molecule has 0 spiro atoms. The quantitative estimate of drug-likeness (QED) is 0.113. The zero-order chi connectivity index (χ0) is 35.8. The van der Waals surface area contributed by atoms with Gasteiger partial charge < -0.3 is 15.8 Å². The number of aromatic nitrogens is 4. The Morgan fingerprint density at radius 1 is 0.980 bits per heavy atom. The number of nitrogens with one attached hydrogen (secondary N) is 1. The Bertz CT molecular complexity index is 1550. The lowest BCUT2D eigenvalue weighted by Gasteiger charge is -2.42. The van der Waals surface area contributed by atoms with Gasteiger partial charge in [-0.05, 0) is 61.6 Å². The van der Waals surface area contributed by atoms with E-state index < -0.39 is 19.9 Å². The first kappa shape index (κ1) is 38.3. The number of benzene rings is 1. The Labute approximate surface area is 304 Å². The second kappa shape index (κ2) is 17.6. The van der Waals surface area contributed by atoms with Crippen molar-refractivity contribution in [2.45, 2.75) is 123 Å². The fourth-order valence-corrected chi connectivity index (χ4v) is 9.56. The molecule has 0 radical (unpaired) electrons. The van der Waals surface area contributed by atoms with Gasteiger partial charge in [-0.1, -0.05) is 96.0 Å². The number of ether oxygens (including phenoxy) is 1. The van der Waals surface area contributed by atoms with Crippen LogP contribution in [-0.2, 0) is 22.8 Å². The molecule has 0 bridgehead atoms. The number of anilines is 1. The van der Waals surface area contributed by atoms with Crippen molar-refractivity contribution in [1.29, 1.82) is 0 Å². The monoisotopic (exact) mass is 720 g/mol. The third-order valence-electron chi connectivity index (χ3n) is 11.0. The van der Waals surface area contributed by atoms with Crippen LogP contribution in [0.25, 0.3) is 11.1 Å². The minimum Gasteiger partial charge on any atom is -0.364 e. The molecule has 0 aliphatic heterocycles. The predicted octanol–water partition coefficient (Wildman–Crippen LogP) is 8.64. The van der Waals surface area contributed by atoms with E-state index >= 15 is 0 Å². The summed E-state index contributed by atoms with van der Waals surface area (Å²) in [5.41, 5.74) is 12.1. The second-order valence-corrected chi connectivity index (χ2v) is 22.4. The Balaban J connectivity index is 1.43. The highest BCUT2D eigenvalue weighted by Crippen LogP contribution is 2.48. The number of carbonyl (C=O) groups excluding carboxylic acids is 2. The molecular formula is C39H60N6O3SSi. The van der Waals surface area contributed by atoms with Gasteiger partial charge in [-0.3, -0.25) is 14.3 Å². The summed E-state index contributed by atoms with van der Waals surface area (Å²) in [5, 5.41) is 12.8. The van der Waals surface area contributed by atoms with Crippen LogP contribution in [0.15, 0.2) is 30.5 Å². The largest absolute Gasteiger partial charge is 0.364 e. The third kappa shape index (κ3) is 9.50. The minimum absolute atomic E-state index is 0.0681. The molecular weight excluding hydrogens is 661 g/mol. The summed E-state index contributed by atoms with van der Waals surface area (Å²) in [6, 6.07) is 9.22. The van der Waals surface area contributed by atoms with Gasteiger partial charge in [0, 0.05) is 42.9 Å². The zero-order valence-corrected chi connectivity index (χ0v) is 33.1. The topological polar surface area (TPSA) is 117 Å². The maximum atomic E-state index is 14.8. The number of nitrogens with two attached hydrogens (primary N) is 1. The molecule has 2 saturated carbocycles. The van der Waals surface area contributed by atoms with Crippen LogP contribution in [0, 0.1) is 31.6 Å². The molecule has 274 valence electrons. The van der Waals surface area contributed by atoms with Crippen molar-refractivity contribution >= 4 is 37.3 Å². The molecule has 2 heterocycles. The SMILES string of the molecule is CSCCn1ncc([C@@H](C(=O)Nc2ccc(-c3c(C)nn(COCC[Si](C)(C)C)c3C)cc2)C(C2CCCCC2)C2CCCCC2)c1C(N)=O. The van der Waals surface area contributed by atoms with Crippen LogP contribution < -0.4 is 11.1 Å². The molecule has 0 saturated heterocycles. The Hall–Kier alpha value is -2.89. The summed E-state index contributed by atoms with van der Waals surface area (Å²) in [7, 11) is -1.16. The summed E-state index contributed by atoms with van der Waals surface area (Å²) in [4.78, 5) is 27.8. The average Bonchev–Trinajstić information content (AvgIpc) is 3.64. The molecule has 2 aromatic heterocycles. The average molecular weight is 721 g/mol. The first-order chi connectivity index (χ1) is 24.0. The summed E-state index contributed by atoms with van der Waals surface area (Å²) < 4.78 is 9.68. The second-order valence-electron chi connectivity index (χ2n) is 15.8. The number of carbonyl (C=O) groups is 2. The highest BCUT2D eigenvalue weighted by Gasteiger charge is 2.43. The van der Waals surface area contributed by atoms with E-state index in [2.05, 4.69) is 49.1 Å². The van der Waals surface area contributed by atoms with Gasteiger partial charge in [0.2, 0.25) is 5.91 Å². The lowest BCUT2D eigenvalue weighted by Crippen LogP contribution is -2.39. The highest BCUT2D eigenvalue weighted by atomic mass is 32.2. The summed E-state index contributed by atoms with van der Waals surface area (Å²) >= 11 is 1.70. The molecule has 1 aromatic carbocycles. The number of primary amides is 1. The third-order valence-corrected chi connectivity index (χ3v) is 13.3. The van der Waals surface area contributed by atoms with Crippen molar-refractivity contribution in [2.24, 2.45) is 23.5 Å². The van der Waals surface area contributed by atoms with Crippen molar-refractivity contribution in [1.82, 2.24) is 19.6 Å². The standard InChI is InChI=1S/C39H60N6O3SSi/c1-27-34(28(2)45(43-27)26-48-22-24-50(4,5)6)31-17-19-32(20-18-31)42-39(47)36(33-25-41-44(21-23-49-3)37(33)38(40)46)35(29-13-9-7-10-14-29)30-15-11-8-12-16-30/h17-20,25,29-30,35-36H,7-16,21-24,26H2,1-6H3,(H2,40,46)(H,42,47)/t36-/m1/s1. The van der Waals surface area contributed by atoms with E-state index in [1.54, 1.807) is 22.6 Å². The van der Waals surface area contributed by atoms with E-state index in [0.717, 1.165) is 72.3 Å². The van der Waals surface area contributed by atoms with E-state index in [1.165, 1.54) is 38.5 Å². The fraction of sp³-hybridized carbons (Fsp3) is 0.641. The number of thioether (sulfide) groups is 1. The van der Waals surface area contributed by atoms with Crippen LogP contribution in [0.5, 0.6) is 0 Å². The lowest BCUT2D eigenvalue weighted by molar-refractivity contribution is -0.120. The summed E-state index contributed by atoms with van der Waals surface area (Å²) in [5.74, 6) is 0.721. The highest BCUT2D eigenvalue weighted by molar-refractivity contribution is 7.98. The van der Waals surface area contributed by atoms with Gasteiger partial charge in [0.15, 0.2) is 0 Å². The predicted molar refractivity (Wildman–Crippen MR) is 208 cm³/mol. The van der Waals surface area contributed by atoms with Gasteiger partial charge >= 0.3 is 0 Å². The van der Waals surface area contributed by atoms with Gasteiger partial charge in [0.05, 0.1) is 24.4 Å². The molecule has 2 aliphatic carbocycles. The molecule has 3 N–H and O–H groups in total. The van der Waals surface area contributed by atoms with Crippen LogP contribution in [0.3, 0.4) is 0 Å². The van der Waals surface area contributed by atoms with Crippen LogP contribution in [0.4, 0.5) is 5.69 Å². The zero-order valence-electron chi connectivity index (χ0n) is 31.3. The van der Waals surface area contributed by atoms with Crippen LogP contribution in [0.2, 0.25) is 25.7 Å². The molecule has 11 heteroatoms. The lowest BCUT2D eigenvalue weighted by atomic mass is 9.63. The summed E-state index contributed by atoms with van der Waals surface area (Å²) in [6.07, 6.45) is 15.6. The molecule has 50 heavy (non-hydrogen) atoms. The molecule has 2 amide bonds. The first-order valence-corrected chi connectivity index (χ1v) is 24.0. The molecule has 5 rings (SSSR count). The van der Waals surface area contributed by atoms with Gasteiger partial charge in [0.25, 0.3) is 5.91 Å². The van der Waals surface area contributed by atoms with Crippen LogP contribution in [0.1, 0.15) is 97.6 Å². The Morgan fingerprint density at radius 3 is 2.16 bits per heavy atom. The number of nitrogens with zero attached hydrogens (tertiary/aromatic N) is 4. The van der Waals surface area contributed by atoms with E-state index in [-0.39, 0.29) is 11.8 Å². The first-order valence-electron chi connectivity index (χ1n) is 18.9. The van der Waals surface area contributed by atoms with Crippen LogP contribution >= 0.6 is 11.8 Å². The molecule has 1 atom stereocenters. The molecule has 9 nitrogen and oxygen atoms in total. The van der Waals surface area contributed by atoms with Crippen molar-refractivity contribution in [3.8, 4) is 11.1 Å². The van der Waals surface area contributed by atoms with Crippen molar-refractivity contribution in [2.75, 3.05) is 23.9 Å². The smallest absolute Gasteiger partial charge is 0.267 e. The van der Waals surface area contributed by atoms with Crippen molar-refractivity contribution in [3.05, 3.63) is 53.1 Å². The van der Waals surface area contributed by atoms with E-state index in [0.29, 0.717) is 36.4 Å². The number of hydrogen-bond acceptors (Lipinski definition) is 6.